The Balaban J connectivity index is 2.45. The van der Waals surface area contributed by atoms with Gasteiger partial charge in [0.25, 0.3) is 0 Å². The maximum atomic E-state index is 8.70. The van der Waals surface area contributed by atoms with Crippen molar-refractivity contribution in [2.45, 2.75) is 0 Å². The van der Waals surface area contributed by atoms with E-state index in [0.717, 1.165) is 15.9 Å². The van der Waals surface area contributed by atoms with Crippen LogP contribution in [-0.2, 0) is 0 Å². The van der Waals surface area contributed by atoms with E-state index in [9.17, 15) is 0 Å². The number of nitrogens with one attached hydrogen (secondary N) is 1. The van der Waals surface area contributed by atoms with E-state index in [1.807, 2.05) is 10.6 Å². The van der Waals surface area contributed by atoms with Crippen molar-refractivity contribution in [3.8, 4) is 0 Å². The Bertz CT molecular complexity index is 482. The van der Waals surface area contributed by atoms with Crippen LogP contribution in [0.1, 0.15) is 0 Å². The van der Waals surface area contributed by atoms with E-state index in [-0.39, 0.29) is 6.61 Å². The van der Waals surface area contributed by atoms with Crippen LogP contribution in [0.3, 0.4) is 0 Å². The van der Waals surface area contributed by atoms with E-state index in [0.29, 0.717) is 12.2 Å². The summed E-state index contributed by atoms with van der Waals surface area (Å²) in [6.07, 6.45) is 3.57. The molecule has 2 heterocycles. The molecule has 2 rings (SSSR count). The average Bonchev–Trinajstić information content (AvgIpc) is 2.58. The summed E-state index contributed by atoms with van der Waals surface area (Å²) in [6, 6.07) is 1.80. The van der Waals surface area contributed by atoms with Crippen LogP contribution in [0.15, 0.2) is 23.1 Å². The number of hydrogen-bond acceptors (Lipinski definition) is 4. The normalized spacial score (nSPS) is 10.8. The molecule has 0 aliphatic rings. The average molecular weight is 271 g/mol. The lowest BCUT2D eigenvalue weighted by Crippen LogP contribution is -2.07. The first kappa shape index (κ1) is 10.3. The number of nitrogen functional groups attached to an aromatic ring is 1. The molecule has 0 atom stereocenters. The molecule has 6 heteroatoms. The zero-order valence-corrected chi connectivity index (χ0v) is 9.53. The van der Waals surface area contributed by atoms with Gasteiger partial charge < -0.3 is 16.2 Å². The van der Waals surface area contributed by atoms with Gasteiger partial charge in [0.05, 0.1) is 24.2 Å². The lowest BCUT2D eigenvalue weighted by atomic mass is 10.3. The first-order chi connectivity index (χ1) is 7.22. The smallest absolute Gasteiger partial charge is 0.161 e. The molecule has 0 aliphatic carbocycles. The van der Waals surface area contributed by atoms with Gasteiger partial charge in [-0.25, -0.2) is 4.98 Å². The van der Waals surface area contributed by atoms with Crippen molar-refractivity contribution >= 4 is 33.0 Å². The third kappa shape index (κ3) is 1.91. The Morgan fingerprint density at radius 3 is 3.13 bits per heavy atom. The third-order valence-corrected chi connectivity index (χ3v) is 2.62. The predicted octanol–water partition coefficient (Wildman–Crippen LogP) is 1.08. The van der Waals surface area contributed by atoms with Crippen LogP contribution in [0.25, 0.3) is 5.65 Å². The van der Waals surface area contributed by atoms with Gasteiger partial charge >= 0.3 is 0 Å². The Labute approximate surface area is 95.1 Å². The Hall–Kier alpha value is -1.27. The molecule has 5 nitrogen and oxygen atoms in total. The number of nitrogens with two attached hydrogens (primary N) is 1. The highest BCUT2D eigenvalue weighted by molar-refractivity contribution is 9.10. The molecule has 2 aromatic heterocycles. The fourth-order valence-electron chi connectivity index (χ4n) is 1.38. The van der Waals surface area contributed by atoms with E-state index in [1.165, 1.54) is 0 Å². The van der Waals surface area contributed by atoms with E-state index in [2.05, 4.69) is 26.2 Å². The van der Waals surface area contributed by atoms with Crippen molar-refractivity contribution in [2.24, 2.45) is 0 Å². The van der Waals surface area contributed by atoms with Gasteiger partial charge in [-0.3, -0.25) is 4.40 Å². The third-order valence-electron chi connectivity index (χ3n) is 2.03. The number of anilines is 2. The van der Waals surface area contributed by atoms with Crippen LogP contribution in [-0.4, -0.2) is 27.6 Å². The largest absolute Gasteiger partial charge is 0.396 e. The van der Waals surface area contributed by atoms with Crippen molar-refractivity contribution in [3.63, 3.8) is 0 Å². The van der Waals surface area contributed by atoms with Gasteiger partial charge in [-0.15, -0.1) is 0 Å². The molecule has 0 saturated heterocycles. The van der Waals surface area contributed by atoms with Gasteiger partial charge in [-0.1, -0.05) is 0 Å². The highest BCUT2D eigenvalue weighted by Crippen LogP contribution is 2.22. The zero-order valence-electron chi connectivity index (χ0n) is 7.94. The Kier molecular flexibility index (Phi) is 2.79. The monoisotopic (exact) mass is 270 g/mol. The highest BCUT2D eigenvalue weighted by Gasteiger charge is 2.05. The first-order valence-electron chi connectivity index (χ1n) is 4.49. The van der Waals surface area contributed by atoms with Crippen molar-refractivity contribution in [2.75, 3.05) is 24.2 Å². The van der Waals surface area contributed by atoms with Crippen molar-refractivity contribution in [1.82, 2.24) is 9.38 Å². The number of fused-ring (bicyclic) bond motifs is 1. The molecular weight excluding hydrogens is 260 g/mol. The maximum Gasteiger partial charge on any atom is 0.161 e. The fourth-order valence-corrected chi connectivity index (χ4v) is 1.75. The minimum Gasteiger partial charge on any atom is -0.396 e. The quantitative estimate of drug-likeness (QED) is 0.781. The molecule has 0 bridgehead atoms. The van der Waals surface area contributed by atoms with Gasteiger partial charge in [0, 0.05) is 12.7 Å². The number of rotatable bonds is 3. The summed E-state index contributed by atoms with van der Waals surface area (Å²) < 4.78 is 2.69. The lowest BCUT2D eigenvalue weighted by molar-refractivity contribution is 0.311. The van der Waals surface area contributed by atoms with Crippen LogP contribution in [0, 0.1) is 0 Å². The number of imidazole rings is 1. The number of hydrogen-bond donors (Lipinski definition) is 3. The van der Waals surface area contributed by atoms with Crippen molar-refractivity contribution in [3.05, 3.63) is 23.1 Å². The number of nitrogens with zero attached hydrogens (tertiary/aromatic N) is 2. The molecule has 0 unspecified atom stereocenters. The van der Waals surface area contributed by atoms with Gasteiger partial charge in [-0.05, 0) is 22.0 Å². The second kappa shape index (κ2) is 4.08. The SMILES string of the molecule is Nc1cc(NCCO)cn2c(Br)cnc12. The van der Waals surface area contributed by atoms with Crippen molar-refractivity contribution in [1.29, 1.82) is 0 Å². The highest BCUT2D eigenvalue weighted by atomic mass is 79.9. The Morgan fingerprint density at radius 1 is 1.60 bits per heavy atom. The number of aromatic nitrogens is 2. The molecule has 15 heavy (non-hydrogen) atoms. The molecule has 0 fully saturated rings. The van der Waals surface area contributed by atoms with Crippen LogP contribution in [0.4, 0.5) is 11.4 Å². The molecule has 0 spiro atoms. The van der Waals surface area contributed by atoms with Crippen LogP contribution < -0.4 is 11.1 Å². The molecule has 4 N–H and O–H groups in total. The Morgan fingerprint density at radius 2 is 2.40 bits per heavy atom. The number of pyridine rings is 1. The van der Waals surface area contributed by atoms with Gasteiger partial charge in [0.1, 0.15) is 4.60 Å². The predicted molar refractivity (Wildman–Crippen MR) is 62.9 cm³/mol. The summed E-state index contributed by atoms with van der Waals surface area (Å²) in [7, 11) is 0. The molecule has 0 amide bonds. The number of halogens is 1. The number of aliphatic hydroxyl groups excluding tert-OH is 1. The van der Waals surface area contributed by atoms with Crippen LogP contribution in [0.2, 0.25) is 0 Å². The summed E-state index contributed by atoms with van der Waals surface area (Å²) in [5.74, 6) is 0. The second-order valence-corrected chi connectivity index (χ2v) is 3.92. The van der Waals surface area contributed by atoms with E-state index in [4.69, 9.17) is 10.8 Å². The molecule has 0 aliphatic heterocycles. The molecule has 0 aromatic carbocycles. The molecule has 0 saturated carbocycles. The lowest BCUT2D eigenvalue weighted by Gasteiger charge is -2.07. The first-order valence-corrected chi connectivity index (χ1v) is 5.28. The van der Waals surface area contributed by atoms with Crippen LogP contribution >= 0.6 is 15.9 Å². The van der Waals surface area contributed by atoms with Gasteiger partial charge in [-0.2, -0.15) is 0 Å². The molecule has 0 radical (unpaired) electrons. The zero-order chi connectivity index (χ0) is 10.8. The molecule has 2 aromatic rings. The number of aliphatic hydroxyl groups is 1. The maximum absolute atomic E-state index is 8.70. The van der Waals surface area contributed by atoms with Gasteiger partial charge in [0.2, 0.25) is 0 Å². The summed E-state index contributed by atoms with van der Waals surface area (Å²) in [5, 5.41) is 11.7. The standard InChI is InChI=1S/C9H11BrN4O/c10-8-4-13-9-7(11)3-6(5-14(8)9)12-1-2-15/h3-5,12,15H,1-2,11H2. The van der Waals surface area contributed by atoms with Gasteiger partial charge in [0.15, 0.2) is 5.65 Å². The van der Waals surface area contributed by atoms with E-state index >= 15 is 0 Å². The summed E-state index contributed by atoms with van der Waals surface area (Å²) in [5.41, 5.74) is 8.01. The summed E-state index contributed by atoms with van der Waals surface area (Å²) >= 11 is 3.37. The van der Waals surface area contributed by atoms with E-state index < -0.39 is 0 Å². The second-order valence-electron chi connectivity index (χ2n) is 3.11. The minimum absolute atomic E-state index is 0.0863. The summed E-state index contributed by atoms with van der Waals surface area (Å²) in [4.78, 5) is 4.15. The summed E-state index contributed by atoms with van der Waals surface area (Å²) in [6.45, 7) is 0.584. The van der Waals surface area contributed by atoms with E-state index in [1.54, 1.807) is 12.3 Å². The molecule has 80 valence electrons. The van der Waals surface area contributed by atoms with Crippen LogP contribution in [0.5, 0.6) is 0 Å². The molecular formula is C9H11BrN4O. The minimum atomic E-state index is 0.0863. The topological polar surface area (TPSA) is 75.6 Å². The fraction of sp³-hybridized carbons (Fsp3) is 0.222. The van der Waals surface area contributed by atoms with Crippen molar-refractivity contribution < 1.29 is 5.11 Å².